The number of nitriles is 1. The summed E-state index contributed by atoms with van der Waals surface area (Å²) in [5.74, 6) is 1.52. The van der Waals surface area contributed by atoms with Crippen LogP contribution in [0.5, 0.6) is 5.75 Å². The maximum Gasteiger partial charge on any atom is 0.158 e. The lowest BCUT2D eigenvalue weighted by Crippen LogP contribution is -2.36. The molecule has 140 valence electrons. The Hall–Kier alpha value is -2.73. The van der Waals surface area contributed by atoms with Crippen LogP contribution in [0.4, 0.5) is 5.82 Å². The summed E-state index contributed by atoms with van der Waals surface area (Å²) in [5, 5.41) is 15.6. The molecule has 2 heterocycles. The lowest BCUT2D eigenvalue weighted by molar-refractivity contribution is 0.401. The van der Waals surface area contributed by atoms with Crippen molar-refractivity contribution in [2.24, 2.45) is 0 Å². The van der Waals surface area contributed by atoms with Crippen molar-refractivity contribution >= 4 is 5.82 Å². The molecule has 27 heavy (non-hydrogen) atoms. The first-order chi connectivity index (χ1) is 13.2. The minimum Gasteiger partial charge on any atom is -0.496 e. The molecule has 1 aliphatic carbocycles. The number of nitrogens with one attached hydrogen (secondary N) is 4. The molecule has 2 atom stereocenters. The van der Waals surface area contributed by atoms with Crippen LogP contribution in [0.1, 0.15) is 42.1 Å². The molecule has 4 N–H and O–H groups in total. The van der Waals surface area contributed by atoms with Gasteiger partial charge >= 0.3 is 0 Å². The quantitative estimate of drug-likeness (QED) is 0.586. The van der Waals surface area contributed by atoms with Crippen molar-refractivity contribution < 1.29 is 4.74 Å². The maximum atomic E-state index is 8.80. The summed E-state index contributed by atoms with van der Waals surface area (Å²) in [5.41, 5.74) is 9.20. The van der Waals surface area contributed by atoms with Gasteiger partial charge in [-0.15, -0.1) is 0 Å². The molecule has 2 aromatic rings. The molecule has 4 rings (SSSR count). The number of methoxy groups -OCH3 is 1. The summed E-state index contributed by atoms with van der Waals surface area (Å²) < 4.78 is 5.63. The average Bonchev–Trinajstić information content (AvgIpc) is 3.44. The smallest absolute Gasteiger partial charge is 0.158 e. The monoisotopic (exact) mass is 365 g/mol. The first-order valence-electron chi connectivity index (χ1n) is 9.15. The molecule has 0 spiro atoms. The summed E-state index contributed by atoms with van der Waals surface area (Å²) in [6.07, 6.45) is 6.40. The highest BCUT2D eigenvalue weighted by molar-refractivity contribution is 5.41. The van der Waals surface area contributed by atoms with Gasteiger partial charge in [0.15, 0.2) is 5.69 Å². The Balaban J connectivity index is 1.39. The molecule has 0 bridgehead atoms. The van der Waals surface area contributed by atoms with Crippen LogP contribution in [0.2, 0.25) is 0 Å². The lowest BCUT2D eigenvalue weighted by atomic mass is 10.0. The highest BCUT2D eigenvalue weighted by Gasteiger charge is 2.27. The third kappa shape index (κ3) is 4.34. The molecule has 1 aliphatic heterocycles. The molecule has 2 fully saturated rings. The SMILES string of the molecule is COc1cc(CNC2CC2)ccc1C1CC(Nc2cnc(C#N)cn2)NN1. The summed E-state index contributed by atoms with van der Waals surface area (Å²) in [4.78, 5) is 8.23. The van der Waals surface area contributed by atoms with Crippen LogP contribution < -0.4 is 26.2 Å². The summed E-state index contributed by atoms with van der Waals surface area (Å²) >= 11 is 0. The zero-order valence-corrected chi connectivity index (χ0v) is 15.2. The van der Waals surface area contributed by atoms with Gasteiger partial charge < -0.3 is 15.4 Å². The molecule has 1 aromatic heterocycles. The highest BCUT2D eigenvalue weighted by atomic mass is 16.5. The number of benzene rings is 1. The lowest BCUT2D eigenvalue weighted by Gasteiger charge is -2.16. The van der Waals surface area contributed by atoms with Crippen LogP contribution in [0.3, 0.4) is 0 Å². The van der Waals surface area contributed by atoms with E-state index in [-0.39, 0.29) is 12.2 Å². The van der Waals surface area contributed by atoms with E-state index in [1.165, 1.54) is 24.6 Å². The molecule has 1 saturated carbocycles. The largest absolute Gasteiger partial charge is 0.496 e. The van der Waals surface area contributed by atoms with Gasteiger partial charge in [-0.2, -0.15) is 5.26 Å². The van der Waals surface area contributed by atoms with E-state index >= 15 is 0 Å². The van der Waals surface area contributed by atoms with Gasteiger partial charge in [-0.1, -0.05) is 12.1 Å². The van der Waals surface area contributed by atoms with E-state index in [9.17, 15) is 0 Å². The Morgan fingerprint density at radius 3 is 2.85 bits per heavy atom. The Morgan fingerprint density at radius 1 is 1.26 bits per heavy atom. The van der Waals surface area contributed by atoms with Gasteiger partial charge in [0.25, 0.3) is 0 Å². The summed E-state index contributed by atoms with van der Waals surface area (Å²) in [6, 6.07) is 9.17. The highest BCUT2D eigenvalue weighted by Crippen LogP contribution is 2.31. The number of hydrogen-bond donors (Lipinski definition) is 4. The first-order valence-corrected chi connectivity index (χ1v) is 9.15. The number of anilines is 1. The zero-order chi connectivity index (χ0) is 18.6. The van der Waals surface area contributed by atoms with Crippen molar-refractivity contribution in [3.8, 4) is 11.8 Å². The van der Waals surface area contributed by atoms with Gasteiger partial charge in [-0.05, 0) is 24.5 Å². The molecule has 8 heteroatoms. The van der Waals surface area contributed by atoms with E-state index < -0.39 is 0 Å². The molecule has 2 aliphatic rings. The number of ether oxygens (including phenoxy) is 1. The Bertz CT molecular complexity index is 829. The Labute approximate surface area is 158 Å². The number of rotatable bonds is 7. The van der Waals surface area contributed by atoms with Gasteiger partial charge in [0, 0.05) is 24.6 Å². The molecule has 8 nitrogen and oxygen atoms in total. The van der Waals surface area contributed by atoms with Crippen LogP contribution in [0.25, 0.3) is 0 Å². The fourth-order valence-electron chi connectivity index (χ4n) is 3.20. The zero-order valence-electron chi connectivity index (χ0n) is 15.2. The van der Waals surface area contributed by atoms with Crippen molar-refractivity contribution in [3.63, 3.8) is 0 Å². The average molecular weight is 365 g/mol. The minimum atomic E-state index is -0.00171. The van der Waals surface area contributed by atoms with Gasteiger partial charge in [-0.3, -0.25) is 0 Å². The fourth-order valence-corrected chi connectivity index (χ4v) is 3.20. The predicted molar refractivity (Wildman–Crippen MR) is 101 cm³/mol. The topological polar surface area (TPSA) is 107 Å². The van der Waals surface area contributed by atoms with E-state index in [0.717, 1.165) is 24.3 Å². The molecular weight excluding hydrogens is 342 g/mol. The fraction of sp³-hybridized carbons (Fsp3) is 0.421. The van der Waals surface area contributed by atoms with Crippen molar-refractivity contribution in [1.29, 1.82) is 5.26 Å². The second-order valence-electron chi connectivity index (χ2n) is 6.90. The number of hydrazine groups is 1. The van der Waals surface area contributed by atoms with E-state index in [1.807, 2.05) is 6.07 Å². The van der Waals surface area contributed by atoms with Crippen molar-refractivity contribution in [3.05, 3.63) is 47.4 Å². The van der Waals surface area contributed by atoms with Crippen molar-refractivity contribution in [2.75, 3.05) is 12.4 Å². The van der Waals surface area contributed by atoms with E-state index in [1.54, 1.807) is 13.3 Å². The number of nitrogens with zero attached hydrogens (tertiary/aromatic N) is 3. The van der Waals surface area contributed by atoms with Crippen molar-refractivity contribution in [1.82, 2.24) is 26.1 Å². The third-order valence-corrected chi connectivity index (χ3v) is 4.84. The molecule has 0 amide bonds. The van der Waals surface area contributed by atoms with E-state index in [2.05, 4.69) is 49.7 Å². The second-order valence-corrected chi connectivity index (χ2v) is 6.90. The van der Waals surface area contributed by atoms with Gasteiger partial charge in [-0.25, -0.2) is 20.8 Å². The summed E-state index contributed by atoms with van der Waals surface area (Å²) in [6.45, 7) is 0.874. The first kappa shape index (κ1) is 17.7. The minimum absolute atomic E-state index is 0.00171. The van der Waals surface area contributed by atoms with Gasteiger partial charge in [0.05, 0.1) is 31.7 Å². The van der Waals surface area contributed by atoms with Gasteiger partial charge in [0.2, 0.25) is 0 Å². The number of hydrogen-bond acceptors (Lipinski definition) is 8. The second kappa shape index (κ2) is 7.88. The molecule has 0 radical (unpaired) electrons. The summed E-state index contributed by atoms with van der Waals surface area (Å²) in [7, 11) is 1.71. The van der Waals surface area contributed by atoms with Crippen LogP contribution in [-0.2, 0) is 6.54 Å². The molecule has 2 unspecified atom stereocenters. The van der Waals surface area contributed by atoms with Crippen LogP contribution in [0, 0.1) is 11.3 Å². The van der Waals surface area contributed by atoms with Crippen LogP contribution in [0.15, 0.2) is 30.6 Å². The van der Waals surface area contributed by atoms with E-state index in [4.69, 9.17) is 10.00 Å². The van der Waals surface area contributed by atoms with Crippen molar-refractivity contribution in [2.45, 2.75) is 44.1 Å². The van der Waals surface area contributed by atoms with Crippen LogP contribution >= 0.6 is 0 Å². The molecular formula is C19H23N7O. The number of aromatic nitrogens is 2. The van der Waals surface area contributed by atoms with Crippen LogP contribution in [-0.4, -0.2) is 29.3 Å². The maximum absolute atomic E-state index is 8.80. The van der Waals surface area contributed by atoms with Gasteiger partial charge in [0.1, 0.15) is 17.6 Å². The molecule has 1 aromatic carbocycles. The third-order valence-electron chi connectivity index (χ3n) is 4.84. The Kier molecular flexibility index (Phi) is 5.16. The predicted octanol–water partition coefficient (Wildman–Crippen LogP) is 1.59. The Morgan fingerprint density at radius 2 is 2.15 bits per heavy atom. The standard InChI is InChI=1S/C19H23N7O/c1-27-17-6-12(9-21-13-3-4-13)2-5-15(17)16-7-18(26-25-16)24-19-11-22-14(8-20)10-23-19/h2,5-6,10-11,13,16,18,21,25-26H,3-4,7,9H2,1H3,(H,23,24). The van der Waals surface area contributed by atoms with E-state index in [0.29, 0.717) is 17.6 Å². The normalized spacial score (nSPS) is 21.6. The molecule has 1 saturated heterocycles.